The Bertz CT molecular complexity index is 640. The van der Waals surface area contributed by atoms with Gasteiger partial charge in [-0.25, -0.2) is 12.8 Å². The quantitative estimate of drug-likeness (QED) is 0.860. The molecule has 0 aliphatic heterocycles. The molecule has 1 amide bonds. The molecule has 1 saturated carbocycles. The highest BCUT2D eigenvalue weighted by Gasteiger charge is 2.28. The third-order valence-corrected chi connectivity index (χ3v) is 5.61. The SMILES string of the molecule is CN(CC(=O)N[C@@H](c1ccc(F)cc1)C1CCCC1)S(C)(=O)=O. The number of hydrogen-bond acceptors (Lipinski definition) is 3. The van der Waals surface area contributed by atoms with Gasteiger partial charge in [0, 0.05) is 7.05 Å². The zero-order valence-corrected chi connectivity index (χ0v) is 14.3. The monoisotopic (exact) mass is 342 g/mol. The standard InChI is InChI=1S/C16H23FN2O3S/c1-19(23(2,21)22)11-15(20)18-16(12-5-3-4-6-12)13-7-9-14(17)10-8-13/h7-10,12,16H,3-6,11H2,1-2H3,(H,18,20)/t16-/m1/s1. The summed E-state index contributed by atoms with van der Waals surface area (Å²) in [7, 11) is -2.03. The Labute approximate surface area is 136 Å². The lowest BCUT2D eigenvalue weighted by Gasteiger charge is -2.26. The molecule has 5 nitrogen and oxygen atoms in total. The molecule has 1 atom stereocenters. The van der Waals surface area contributed by atoms with E-state index in [-0.39, 0.29) is 24.3 Å². The predicted octanol–water partition coefficient (Wildman–Crippen LogP) is 2.06. The highest BCUT2D eigenvalue weighted by atomic mass is 32.2. The first kappa shape index (κ1) is 17.9. The van der Waals surface area contributed by atoms with Crippen molar-refractivity contribution in [1.29, 1.82) is 0 Å². The Hall–Kier alpha value is -1.47. The molecule has 128 valence electrons. The summed E-state index contributed by atoms with van der Waals surface area (Å²) in [5, 5.41) is 2.93. The highest BCUT2D eigenvalue weighted by Crippen LogP contribution is 2.35. The molecule has 2 rings (SSSR count). The van der Waals surface area contributed by atoms with E-state index in [0.717, 1.165) is 41.8 Å². The number of hydrogen-bond donors (Lipinski definition) is 1. The first-order chi connectivity index (χ1) is 10.8. The Morgan fingerprint density at radius 1 is 1.30 bits per heavy atom. The minimum absolute atomic E-state index is 0.210. The Morgan fingerprint density at radius 2 is 1.87 bits per heavy atom. The van der Waals surface area contributed by atoms with Gasteiger partial charge in [-0.05, 0) is 36.5 Å². The fraction of sp³-hybridized carbons (Fsp3) is 0.562. The van der Waals surface area contributed by atoms with Crippen LogP contribution in [-0.2, 0) is 14.8 Å². The van der Waals surface area contributed by atoms with Crippen LogP contribution in [0.25, 0.3) is 0 Å². The minimum Gasteiger partial charge on any atom is -0.348 e. The van der Waals surface area contributed by atoms with Crippen LogP contribution in [0.3, 0.4) is 0 Å². The normalized spacial score (nSPS) is 17.4. The van der Waals surface area contributed by atoms with Gasteiger partial charge in [-0.2, -0.15) is 4.31 Å². The van der Waals surface area contributed by atoms with E-state index in [1.165, 1.54) is 19.2 Å². The number of nitrogens with one attached hydrogen (secondary N) is 1. The van der Waals surface area contributed by atoms with Gasteiger partial charge in [0.2, 0.25) is 15.9 Å². The van der Waals surface area contributed by atoms with Gasteiger partial charge in [-0.1, -0.05) is 25.0 Å². The number of benzene rings is 1. The lowest BCUT2D eigenvalue weighted by Crippen LogP contribution is -2.41. The Kier molecular flexibility index (Phi) is 5.75. The smallest absolute Gasteiger partial charge is 0.235 e. The second-order valence-corrected chi connectivity index (χ2v) is 8.25. The molecule has 0 saturated heterocycles. The third-order valence-electron chi connectivity index (χ3n) is 4.35. The zero-order valence-electron chi connectivity index (χ0n) is 13.5. The van der Waals surface area contributed by atoms with Crippen molar-refractivity contribution in [2.45, 2.75) is 31.7 Å². The maximum atomic E-state index is 13.1. The first-order valence-electron chi connectivity index (χ1n) is 7.73. The molecule has 23 heavy (non-hydrogen) atoms. The van der Waals surface area contributed by atoms with Crippen LogP contribution in [0.1, 0.15) is 37.3 Å². The fourth-order valence-electron chi connectivity index (χ4n) is 2.97. The second-order valence-electron chi connectivity index (χ2n) is 6.16. The van der Waals surface area contributed by atoms with Gasteiger partial charge in [0.05, 0.1) is 18.8 Å². The van der Waals surface area contributed by atoms with E-state index in [1.807, 2.05) is 0 Å². The summed E-state index contributed by atoms with van der Waals surface area (Å²) < 4.78 is 37.0. The Balaban J connectivity index is 2.11. The van der Waals surface area contributed by atoms with Gasteiger partial charge in [-0.3, -0.25) is 4.79 Å². The van der Waals surface area contributed by atoms with Gasteiger partial charge in [-0.15, -0.1) is 0 Å². The maximum Gasteiger partial charge on any atom is 0.235 e. The molecule has 0 spiro atoms. The molecule has 0 heterocycles. The lowest BCUT2D eigenvalue weighted by molar-refractivity contribution is -0.122. The molecule has 1 aromatic rings. The number of halogens is 1. The molecule has 1 N–H and O–H groups in total. The Morgan fingerprint density at radius 3 is 2.39 bits per heavy atom. The maximum absolute atomic E-state index is 13.1. The van der Waals surface area contributed by atoms with Crippen molar-refractivity contribution in [3.8, 4) is 0 Å². The van der Waals surface area contributed by atoms with Gasteiger partial charge in [0.15, 0.2) is 0 Å². The molecular weight excluding hydrogens is 319 g/mol. The summed E-state index contributed by atoms with van der Waals surface area (Å²) in [6.07, 6.45) is 5.30. The number of carbonyl (C=O) groups is 1. The average Bonchev–Trinajstić information content (AvgIpc) is 2.98. The van der Waals surface area contributed by atoms with Crippen LogP contribution in [0, 0.1) is 11.7 Å². The highest BCUT2D eigenvalue weighted by molar-refractivity contribution is 7.88. The molecule has 1 aliphatic rings. The first-order valence-corrected chi connectivity index (χ1v) is 9.58. The van der Waals surface area contributed by atoms with Crippen molar-refractivity contribution in [3.05, 3.63) is 35.6 Å². The van der Waals surface area contributed by atoms with E-state index < -0.39 is 10.0 Å². The minimum atomic E-state index is -3.40. The van der Waals surface area contributed by atoms with E-state index in [1.54, 1.807) is 12.1 Å². The molecule has 0 aromatic heterocycles. The van der Waals surface area contributed by atoms with E-state index in [0.29, 0.717) is 5.92 Å². The van der Waals surface area contributed by atoms with Gasteiger partial charge >= 0.3 is 0 Å². The van der Waals surface area contributed by atoms with Crippen LogP contribution >= 0.6 is 0 Å². The van der Waals surface area contributed by atoms with Crippen molar-refractivity contribution in [3.63, 3.8) is 0 Å². The van der Waals surface area contributed by atoms with Gasteiger partial charge in [0.1, 0.15) is 5.82 Å². The van der Waals surface area contributed by atoms with E-state index in [4.69, 9.17) is 0 Å². The van der Waals surface area contributed by atoms with Crippen molar-refractivity contribution < 1.29 is 17.6 Å². The number of rotatable bonds is 6. The number of amides is 1. The summed E-state index contributed by atoms with van der Waals surface area (Å²) in [6, 6.07) is 5.91. The molecule has 1 aliphatic carbocycles. The third kappa shape index (κ3) is 5.00. The molecule has 1 aromatic carbocycles. The zero-order chi connectivity index (χ0) is 17.0. The molecule has 7 heteroatoms. The number of likely N-dealkylation sites (N-methyl/N-ethyl adjacent to an activating group) is 1. The fourth-order valence-corrected chi connectivity index (χ4v) is 3.32. The van der Waals surface area contributed by atoms with Crippen molar-refractivity contribution in [2.75, 3.05) is 19.8 Å². The van der Waals surface area contributed by atoms with Crippen molar-refractivity contribution in [1.82, 2.24) is 9.62 Å². The molecule has 0 unspecified atom stereocenters. The predicted molar refractivity (Wildman–Crippen MR) is 86.7 cm³/mol. The molecule has 1 fully saturated rings. The van der Waals surface area contributed by atoms with Gasteiger partial charge < -0.3 is 5.32 Å². The van der Waals surface area contributed by atoms with Crippen LogP contribution in [0.2, 0.25) is 0 Å². The van der Waals surface area contributed by atoms with Crippen molar-refractivity contribution in [2.24, 2.45) is 5.92 Å². The van der Waals surface area contributed by atoms with Crippen LogP contribution in [0.15, 0.2) is 24.3 Å². The van der Waals surface area contributed by atoms with E-state index in [9.17, 15) is 17.6 Å². The van der Waals surface area contributed by atoms with Crippen LogP contribution in [-0.4, -0.2) is 38.5 Å². The average molecular weight is 342 g/mol. The summed E-state index contributed by atoms with van der Waals surface area (Å²) in [5.41, 5.74) is 0.855. The summed E-state index contributed by atoms with van der Waals surface area (Å²) >= 11 is 0. The number of sulfonamides is 1. The number of nitrogens with zero attached hydrogens (tertiary/aromatic N) is 1. The van der Waals surface area contributed by atoms with Crippen LogP contribution in [0.4, 0.5) is 4.39 Å². The van der Waals surface area contributed by atoms with Gasteiger partial charge in [0.25, 0.3) is 0 Å². The van der Waals surface area contributed by atoms with E-state index >= 15 is 0 Å². The lowest BCUT2D eigenvalue weighted by atomic mass is 9.91. The second kappa shape index (κ2) is 7.40. The molecular formula is C16H23FN2O3S. The molecule has 0 radical (unpaired) electrons. The topological polar surface area (TPSA) is 66.5 Å². The molecule has 0 bridgehead atoms. The largest absolute Gasteiger partial charge is 0.348 e. The van der Waals surface area contributed by atoms with E-state index in [2.05, 4.69) is 5.32 Å². The van der Waals surface area contributed by atoms with Crippen LogP contribution in [0.5, 0.6) is 0 Å². The van der Waals surface area contributed by atoms with Crippen LogP contribution < -0.4 is 5.32 Å². The van der Waals surface area contributed by atoms with Crippen molar-refractivity contribution >= 4 is 15.9 Å². The summed E-state index contributed by atoms with van der Waals surface area (Å²) in [5.74, 6) is -0.367. The summed E-state index contributed by atoms with van der Waals surface area (Å²) in [6.45, 7) is -0.219. The number of carbonyl (C=O) groups excluding carboxylic acids is 1. The summed E-state index contributed by atoms with van der Waals surface area (Å²) in [4.78, 5) is 12.2.